The number of aromatic amines is 1. The molecule has 0 aliphatic heterocycles. The molecule has 6 aromatic rings. The van der Waals surface area contributed by atoms with Crippen LogP contribution in [0.25, 0.3) is 32.6 Å². The van der Waals surface area contributed by atoms with Gasteiger partial charge in [-0.15, -0.1) is 5.11 Å². The van der Waals surface area contributed by atoms with E-state index in [4.69, 9.17) is 5.73 Å². The van der Waals surface area contributed by atoms with Crippen molar-refractivity contribution in [3.8, 4) is 5.75 Å². The molecule has 1 atom stereocenters. The van der Waals surface area contributed by atoms with Crippen molar-refractivity contribution in [1.82, 2.24) is 4.98 Å². The number of nitrogens with one attached hydrogen (secondary N) is 3. The summed E-state index contributed by atoms with van der Waals surface area (Å²) in [4.78, 5) is 16.6. The van der Waals surface area contributed by atoms with Crippen LogP contribution in [0.15, 0.2) is 95.2 Å². The molecule has 198 valence electrons. The monoisotopic (exact) mass is 536 g/mol. The molecule has 10 nitrogen and oxygen atoms in total. The number of hydrogen-bond acceptors (Lipinski definition) is 7. The number of aromatic nitrogens is 1. The number of benzene rings is 5. The van der Waals surface area contributed by atoms with Gasteiger partial charge in [0.2, 0.25) is 0 Å². The van der Waals surface area contributed by atoms with Gasteiger partial charge in [0, 0.05) is 45.2 Å². The molecule has 0 bridgehead atoms. The second-order valence-corrected chi connectivity index (χ2v) is 9.15. The SMILES string of the molecule is Nc1ccc(N=Nc2c(O)c(C(=O)Nc3cccc([NH+]([O-])O)c3)cc3ccc4c5cc(F)ccc5[nH]c4c23)cc1. The summed E-state index contributed by atoms with van der Waals surface area (Å²) in [6, 6.07) is 21.8. The molecule has 0 saturated heterocycles. The van der Waals surface area contributed by atoms with Crippen molar-refractivity contribution in [2.75, 3.05) is 11.1 Å². The summed E-state index contributed by atoms with van der Waals surface area (Å²) in [5, 5.41) is 44.5. The fraction of sp³-hybridized carbons (Fsp3) is 0. The Labute approximate surface area is 225 Å². The first-order chi connectivity index (χ1) is 19.3. The summed E-state index contributed by atoms with van der Waals surface area (Å²) in [7, 11) is 0. The summed E-state index contributed by atoms with van der Waals surface area (Å²) in [6.07, 6.45) is 0. The molecule has 5 aromatic carbocycles. The number of rotatable bonds is 5. The van der Waals surface area contributed by atoms with Crippen LogP contribution in [0.2, 0.25) is 0 Å². The smallest absolute Gasteiger partial charge is 0.259 e. The van der Waals surface area contributed by atoms with Gasteiger partial charge in [-0.3, -0.25) is 4.79 Å². The first-order valence-corrected chi connectivity index (χ1v) is 12.1. The van der Waals surface area contributed by atoms with Crippen LogP contribution < -0.4 is 16.3 Å². The zero-order chi connectivity index (χ0) is 28.0. The number of nitrogen functional groups attached to an aromatic ring is 1. The van der Waals surface area contributed by atoms with E-state index in [9.17, 15) is 24.7 Å². The van der Waals surface area contributed by atoms with Crippen LogP contribution in [-0.4, -0.2) is 21.2 Å². The van der Waals surface area contributed by atoms with Gasteiger partial charge >= 0.3 is 0 Å². The van der Waals surface area contributed by atoms with Gasteiger partial charge in [-0.1, -0.05) is 18.2 Å². The predicted molar refractivity (Wildman–Crippen MR) is 150 cm³/mol. The Morgan fingerprint density at radius 1 is 0.975 bits per heavy atom. The van der Waals surface area contributed by atoms with Crippen molar-refractivity contribution in [2.45, 2.75) is 0 Å². The standard InChI is InChI=1S/C29H21FN6O4/c30-16-5-11-24-22(13-16)21-10-4-15-12-23(29(38)32-19-2-1-3-20(14-19)36(39)40)28(37)27(25(15)26(21)33-24)35-34-18-8-6-17(31)7-9-18/h1-14,33,36-37,39H,31H2,(H,32,38). The molecule has 0 aliphatic carbocycles. The number of aromatic hydroxyl groups is 1. The lowest BCUT2D eigenvalue weighted by Gasteiger charge is -2.14. The second-order valence-electron chi connectivity index (χ2n) is 9.15. The first-order valence-electron chi connectivity index (χ1n) is 12.1. The minimum Gasteiger partial charge on any atom is -0.595 e. The third-order valence-electron chi connectivity index (χ3n) is 6.56. The van der Waals surface area contributed by atoms with Gasteiger partial charge in [-0.2, -0.15) is 10.3 Å². The fourth-order valence-electron chi connectivity index (χ4n) is 4.65. The number of azo groups is 1. The normalized spacial score (nSPS) is 12.5. The van der Waals surface area contributed by atoms with E-state index in [0.29, 0.717) is 44.0 Å². The predicted octanol–water partition coefficient (Wildman–Crippen LogP) is 5.97. The highest BCUT2D eigenvalue weighted by Gasteiger charge is 2.22. The average Bonchev–Trinajstić information content (AvgIpc) is 3.31. The molecule has 0 aliphatic rings. The number of phenolic OH excluding ortho intramolecular Hbond substituents is 1. The maximum absolute atomic E-state index is 14.1. The van der Waals surface area contributed by atoms with E-state index in [0.717, 1.165) is 0 Å². The Bertz CT molecular complexity index is 1970. The number of amides is 1. The van der Waals surface area contributed by atoms with Crippen LogP contribution in [0.5, 0.6) is 5.75 Å². The van der Waals surface area contributed by atoms with Crippen LogP contribution >= 0.6 is 0 Å². The highest BCUT2D eigenvalue weighted by atomic mass is 19.1. The van der Waals surface area contributed by atoms with Gasteiger partial charge in [0.25, 0.3) is 5.91 Å². The number of carbonyl (C=O) groups is 1. The highest BCUT2D eigenvalue weighted by Crippen LogP contribution is 2.44. The summed E-state index contributed by atoms with van der Waals surface area (Å²) >= 11 is 0. The number of quaternary nitrogens is 1. The molecule has 40 heavy (non-hydrogen) atoms. The molecule has 0 radical (unpaired) electrons. The molecule has 11 heteroatoms. The highest BCUT2D eigenvalue weighted by molar-refractivity contribution is 6.22. The Hall–Kier alpha value is -5.36. The number of anilines is 2. The summed E-state index contributed by atoms with van der Waals surface area (Å²) < 4.78 is 14.1. The summed E-state index contributed by atoms with van der Waals surface area (Å²) in [5.41, 5.74) is 8.21. The van der Waals surface area contributed by atoms with Crippen molar-refractivity contribution in [1.29, 1.82) is 0 Å². The minimum atomic E-state index is -1.14. The van der Waals surface area contributed by atoms with Crippen molar-refractivity contribution >= 4 is 66.9 Å². The molecule has 1 amide bonds. The Morgan fingerprint density at radius 2 is 1.77 bits per heavy atom. The lowest BCUT2D eigenvalue weighted by molar-refractivity contribution is -0.991. The zero-order valence-corrected chi connectivity index (χ0v) is 20.6. The zero-order valence-electron chi connectivity index (χ0n) is 20.6. The molecule has 7 N–H and O–H groups in total. The van der Waals surface area contributed by atoms with E-state index in [2.05, 4.69) is 20.5 Å². The van der Waals surface area contributed by atoms with E-state index in [1.54, 1.807) is 42.5 Å². The molecule has 1 unspecified atom stereocenters. The van der Waals surface area contributed by atoms with Crippen molar-refractivity contribution in [3.05, 3.63) is 102 Å². The minimum absolute atomic E-state index is 0.00356. The molecular formula is C29H21FN6O4. The lowest BCUT2D eigenvalue weighted by atomic mass is 10.00. The number of phenols is 1. The topological polar surface area (TPSA) is 164 Å². The maximum atomic E-state index is 14.1. The average molecular weight is 537 g/mol. The van der Waals surface area contributed by atoms with Crippen LogP contribution in [0.1, 0.15) is 10.4 Å². The quantitative estimate of drug-likeness (QED) is 0.0906. The van der Waals surface area contributed by atoms with E-state index in [-0.39, 0.29) is 22.6 Å². The summed E-state index contributed by atoms with van der Waals surface area (Å²) in [5.74, 6) is -1.50. The number of hydrogen-bond donors (Lipinski definition) is 6. The van der Waals surface area contributed by atoms with Crippen molar-refractivity contribution < 1.29 is 24.7 Å². The molecule has 0 spiro atoms. The van der Waals surface area contributed by atoms with Crippen LogP contribution in [-0.2, 0) is 0 Å². The fourth-order valence-corrected chi connectivity index (χ4v) is 4.65. The van der Waals surface area contributed by atoms with Gasteiger partial charge in [0.1, 0.15) is 11.5 Å². The molecule has 0 saturated carbocycles. The van der Waals surface area contributed by atoms with Crippen molar-refractivity contribution in [3.63, 3.8) is 0 Å². The van der Waals surface area contributed by atoms with Gasteiger partial charge in [0.15, 0.2) is 11.4 Å². The third-order valence-corrected chi connectivity index (χ3v) is 6.56. The lowest BCUT2D eigenvalue weighted by Crippen LogP contribution is -2.99. The summed E-state index contributed by atoms with van der Waals surface area (Å²) in [6.45, 7) is 0. The molecule has 1 heterocycles. The van der Waals surface area contributed by atoms with Gasteiger partial charge in [-0.05, 0) is 60.0 Å². The number of H-pyrrole nitrogens is 1. The van der Waals surface area contributed by atoms with E-state index < -0.39 is 22.7 Å². The number of carbonyl (C=O) groups excluding carboxylic acids is 1. The second kappa shape index (κ2) is 9.75. The van der Waals surface area contributed by atoms with E-state index in [1.807, 2.05) is 0 Å². The van der Waals surface area contributed by atoms with Gasteiger partial charge in [-0.25, -0.2) is 9.60 Å². The van der Waals surface area contributed by atoms with Crippen molar-refractivity contribution in [2.24, 2.45) is 10.2 Å². The molecule has 1 aromatic heterocycles. The molecule has 0 fully saturated rings. The van der Waals surface area contributed by atoms with Gasteiger partial charge in [0.05, 0.1) is 16.8 Å². The number of fused-ring (bicyclic) bond motifs is 5. The van der Waals surface area contributed by atoms with E-state index in [1.165, 1.54) is 42.5 Å². The van der Waals surface area contributed by atoms with Crippen LogP contribution in [0.3, 0.4) is 0 Å². The number of nitrogens with two attached hydrogens (primary N) is 1. The number of halogens is 1. The Balaban J connectivity index is 1.54. The first kappa shape index (κ1) is 24.9. The molecule has 6 rings (SSSR count). The Morgan fingerprint density at radius 3 is 2.55 bits per heavy atom. The molecular weight excluding hydrogens is 515 g/mol. The third kappa shape index (κ3) is 4.46. The van der Waals surface area contributed by atoms with Crippen LogP contribution in [0.4, 0.5) is 32.8 Å². The maximum Gasteiger partial charge on any atom is 0.259 e. The number of nitrogens with zero attached hydrogens (tertiary/aromatic N) is 2. The largest absolute Gasteiger partial charge is 0.595 e. The Kier molecular flexibility index (Phi) is 6.08. The van der Waals surface area contributed by atoms with Gasteiger partial charge < -0.3 is 26.3 Å². The van der Waals surface area contributed by atoms with E-state index >= 15 is 0 Å². The van der Waals surface area contributed by atoms with Crippen LogP contribution in [0, 0.1) is 11.0 Å².